The number of aliphatic hydroxyl groups is 1. The van der Waals surface area contributed by atoms with E-state index in [9.17, 15) is 0 Å². The summed E-state index contributed by atoms with van der Waals surface area (Å²) in [7, 11) is 0. The maximum Gasteiger partial charge on any atom is 0.0534 e. The Bertz CT molecular complexity index is 335. The van der Waals surface area contributed by atoms with Crippen LogP contribution in [0, 0.1) is 0 Å². The van der Waals surface area contributed by atoms with Crippen molar-refractivity contribution in [2.24, 2.45) is 0 Å². The van der Waals surface area contributed by atoms with Gasteiger partial charge in [0.1, 0.15) is 0 Å². The Hall–Kier alpha value is -0.870. The first-order valence-electron chi connectivity index (χ1n) is 6.69. The zero-order valence-corrected chi connectivity index (χ0v) is 10.7. The lowest BCUT2D eigenvalue weighted by Gasteiger charge is -2.35. The van der Waals surface area contributed by atoms with Crippen LogP contribution < -0.4 is 0 Å². The minimum Gasteiger partial charge on any atom is -0.396 e. The molecule has 1 saturated heterocycles. The van der Waals surface area contributed by atoms with Gasteiger partial charge in [0.05, 0.1) is 6.20 Å². The fourth-order valence-electron chi connectivity index (χ4n) is 2.64. The molecule has 2 heterocycles. The second kappa shape index (κ2) is 6.17. The third-order valence-corrected chi connectivity index (χ3v) is 3.61. The first kappa shape index (κ1) is 12.6. The van der Waals surface area contributed by atoms with Crippen molar-refractivity contribution in [3.05, 3.63) is 18.0 Å². The van der Waals surface area contributed by atoms with E-state index in [0.717, 1.165) is 26.1 Å². The number of piperidine rings is 1. The summed E-state index contributed by atoms with van der Waals surface area (Å²) < 4.78 is 1.97. The van der Waals surface area contributed by atoms with E-state index in [2.05, 4.69) is 23.1 Å². The van der Waals surface area contributed by atoms with Gasteiger partial charge in [-0.25, -0.2) is 0 Å². The monoisotopic (exact) mass is 237 g/mol. The number of aliphatic hydroxyl groups excluding tert-OH is 1. The molecule has 4 heteroatoms. The number of aryl methyl sites for hydroxylation is 1. The molecule has 1 aromatic heterocycles. The molecule has 2 rings (SSSR count). The minimum atomic E-state index is 0.301. The molecule has 1 unspecified atom stereocenters. The standard InChI is InChI=1S/C13H23N3O/c1-2-16-11-12(9-14-16)10-15-7-4-3-5-13(15)6-8-17/h9,11,13,17H,2-8,10H2,1H3. The van der Waals surface area contributed by atoms with E-state index in [1.165, 1.54) is 24.8 Å². The number of aromatic nitrogens is 2. The zero-order chi connectivity index (χ0) is 12.1. The summed E-state index contributed by atoms with van der Waals surface area (Å²) in [5.74, 6) is 0. The summed E-state index contributed by atoms with van der Waals surface area (Å²) in [6.45, 7) is 5.47. The van der Waals surface area contributed by atoms with Crippen LogP contribution in [0.15, 0.2) is 12.4 Å². The van der Waals surface area contributed by atoms with E-state index < -0.39 is 0 Å². The van der Waals surface area contributed by atoms with Crippen LogP contribution in [0.1, 0.15) is 38.2 Å². The van der Waals surface area contributed by atoms with Gasteiger partial charge in [-0.05, 0) is 32.7 Å². The number of hydrogen-bond acceptors (Lipinski definition) is 3. The first-order valence-corrected chi connectivity index (χ1v) is 6.69. The van der Waals surface area contributed by atoms with Gasteiger partial charge < -0.3 is 5.11 Å². The Balaban J connectivity index is 1.95. The molecule has 0 saturated carbocycles. The van der Waals surface area contributed by atoms with Gasteiger partial charge in [0.15, 0.2) is 0 Å². The SMILES string of the molecule is CCn1cc(CN2CCCCC2CCO)cn1. The van der Waals surface area contributed by atoms with Crippen LogP contribution in [0.25, 0.3) is 0 Å². The van der Waals surface area contributed by atoms with Crippen LogP contribution in [-0.4, -0.2) is 39.0 Å². The van der Waals surface area contributed by atoms with Crippen molar-refractivity contribution in [1.29, 1.82) is 0 Å². The number of hydrogen-bond donors (Lipinski definition) is 1. The number of nitrogens with zero attached hydrogens (tertiary/aromatic N) is 3. The van der Waals surface area contributed by atoms with Crippen molar-refractivity contribution >= 4 is 0 Å². The molecule has 0 spiro atoms. The summed E-state index contributed by atoms with van der Waals surface area (Å²) in [4.78, 5) is 2.50. The van der Waals surface area contributed by atoms with Crippen molar-refractivity contribution in [2.75, 3.05) is 13.2 Å². The molecule has 1 aromatic rings. The molecule has 1 N–H and O–H groups in total. The molecular formula is C13H23N3O. The van der Waals surface area contributed by atoms with Gasteiger partial charge >= 0.3 is 0 Å². The van der Waals surface area contributed by atoms with E-state index >= 15 is 0 Å². The van der Waals surface area contributed by atoms with Gasteiger partial charge in [-0.15, -0.1) is 0 Å². The first-order chi connectivity index (χ1) is 8.33. The summed E-state index contributed by atoms with van der Waals surface area (Å²) in [5.41, 5.74) is 1.29. The van der Waals surface area contributed by atoms with Crippen molar-refractivity contribution < 1.29 is 5.11 Å². The second-order valence-electron chi connectivity index (χ2n) is 4.84. The average molecular weight is 237 g/mol. The zero-order valence-electron chi connectivity index (χ0n) is 10.7. The maximum absolute atomic E-state index is 9.10. The summed E-state index contributed by atoms with van der Waals surface area (Å²) in [6.07, 6.45) is 8.81. The fraction of sp³-hybridized carbons (Fsp3) is 0.769. The van der Waals surface area contributed by atoms with E-state index in [1.54, 1.807) is 0 Å². The minimum absolute atomic E-state index is 0.301. The molecular weight excluding hydrogens is 214 g/mol. The molecule has 0 bridgehead atoms. The smallest absolute Gasteiger partial charge is 0.0534 e. The van der Waals surface area contributed by atoms with Crippen molar-refractivity contribution in [2.45, 2.75) is 51.7 Å². The van der Waals surface area contributed by atoms with E-state index in [1.807, 2.05) is 10.9 Å². The molecule has 96 valence electrons. The highest BCUT2D eigenvalue weighted by molar-refractivity contribution is 5.04. The third kappa shape index (κ3) is 3.30. The van der Waals surface area contributed by atoms with Crippen LogP contribution in [0.4, 0.5) is 0 Å². The summed E-state index contributed by atoms with van der Waals surface area (Å²) in [5, 5.41) is 13.4. The van der Waals surface area contributed by atoms with Crippen LogP contribution in [0.3, 0.4) is 0 Å². The summed E-state index contributed by atoms with van der Waals surface area (Å²) in [6, 6.07) is 0.554. The molecule has 1 aliphatic rings. The van der Waals surface area contributed by atoms with Crippen LogP contribution in [-0.2, 0) is 13.1 Å². The largest absolute Gasteiger partial charge is 0.396 e. The number of likely N-dealkylation sites (tertiary alicyclic amines) is 1. The Morgan fingerprint density at radius 1 is 1.47 bits per heavy atom. The highest BCUT2D eigenvalue weighted by Gasteiger charge is 2.22. The van der Waals surface area contributed by atoms with E-state index in [-0.39, 0.29) is 0 Å². The Morgan fingerprint density at radius 2 is 2.35 bits per heavy atom. The Morgan fingerprint density at radius 3 is 3.06 bits per heavy atom. The molecule has 0 radical (unpaired) electrons. The fourth-order valence-corrected chi connectivity index (χ4v) is 2.64. The van der Waals surface area contributed by atoms with Crippen LogP contribution in [0.2, 0.25) is 0 Å². The summed E-state index contributed by atoms with van der Waals surface area (Å²) >= 11 is 0. The Kier molecular flexibility index (Phi) is 4.57. The molecule has 1 fully saturated rings. The maximum atomic E-state index is 9.10. The van der Waals surface area contributed by atoms with E-state index in [4.69, 9.17) is 5.11 Å². The topological polar surface area (TPSA) is 41.3 Å². The average Bonchev–Trinajstić information content (AvgIpc) is 2.80. The molecule has 0 aromatic carbocycles. The molecule has 4 nitrogen and oxygen atoms in total. The van der Waals surface area contributed by atoms with Gasteiger partial charge in [-0.3, -0.25) is 9.58 Å². The highest BCUT2D eigenvalue weighted by atomic mass is 16.3. The van der Waals surface area contributed by atoms with Gasteiger partial charge in [0.25, 0.3) is 0 Å². The van der Waals surface area contributed by atoms with Crippen LogP contribution >= 0.6 is 0 Å². The van der Waals surface area contributed by atoms with Crippen molar-refractivity contribution in [1.82, 2.24) is 14.7 Å². The quantitative estimate of drug-likeness (QED) is 0.846. The van der Waals surface area contributed by atoms with Crippen molar-refractivity contribution in [3.63, 3.8) is 0 Å². The predicted octanol–water partition coefficient (Wildman–Crippen LogP) is 1.64. The Labute approximate surface area is 103 Å². The van der Waals surface area contributed by atoms with Crippen LogP contribution in [0.5, 0.6) is 0 Å². The lowest BCUT2D eigenvalue weighted by molar-refractivity contribution is 0.112. The molecule has 0 amide bonds. The lowest BCUT2D eigenvalue weighted by Crippen LogP contribution is -2.39. The van der Waals surface area contributed by atoms with Gasteiger partial charge in [0, 0.05) is 37.5 Å². The number of rotatable bonds is 5. The third-order valence-electron chi connectivity index (χ3n) is 3.61. The highest BCUT2D eigenvalue weighted by Crippen LogP contribution is 2.21. The molecule has 1 atom stereocenters. The van der Waals surface area contributed by atoms with Gasteiger partial charge in [-0.2, -0.15) is 5.10 Å². The van der Waals surface area contributed by atoms with Gasteiger partial charge in [0.2, 0.25) is 0 Å². The normalized spacial score (nSPS) is 21.9. The molecule has 17 heavy (non-hydrogen) atoms. The van der Waals surface area contributed by atoms with E-state index in [0.29, 0.717) is 12.6 Å². The lowest BCUT2D eigenvalue weighted by atomic mass is 9.99. The molecule has 1 aliphatic heterocycles. The van der Waals surface area contributed by atoms with Gasteiger partial charge in [-0.1, -0.05) is 6.42 Å². The predicted molar refractivity (Wildman–Crippen MR) is 67.7 cm³/mol. The second-order valence-corrected chi connectivity index (χ2v) is 4.84. The molecule has 0 aliphatic carbocycles. The van der Waals surface area contributed by atoms with Crippen molar-refractivity contribution in [3.8, 4) is 0 Å².